The van der Waals surface area contributed by atoms with Crippen LogP contribution in [0.4, 0.5) is 5.69 Å². The summed E-state index contributed by atoms with van der Waals surface area (Å²) >= 11 is 1.47. The Kier molecular flexibility index (Phi) is 5.20. The Morgan fingerprint density at radius 1 is 1.33 bits per heavy atom. The maximum atomic E-state index is 12.5. The average Bonchev–Trinajstić information content (AvgIpc) is 3.27. The normalized spacial score (nSPS) is 17.0. The van der Waals surface area contributed by atoms with Gasteiger partial charge in [-0.25, -0.2) is 0 Å². The highest BCUT2D eigenvalue weighted by Crippen LogP contribution is 2.24. The largest absolute Gasteiger partial charge is 0.331 e. The monoisotopic (exact) mass is 344 g/mol. The van der Waals surface area contributed by atoms with Crippen molar-refractivity contribution in [2.75, 3.05) is 11.9 Å². The molecule has 1 aliphatic rings. The molecule has 0 radical (unpaired) electrons. The van der Waals surface area contributed by atoms with E-state index in [9.17, 15) is 9.59 Å². The molecule has 1 atom stereocenters. The van der Waals surface area contributed by atoms with Gasteiger partial charge in [0.25, 0.3) is 0 Å². The van der Waals surface area contributed by atoms with Crippen LogP contribution in [0.1, 0.15) is 32.6 Å². The van der Waals surface area contributed by atoms with Crippen molar-refractivity contribution in [3.8, 4) is 10.6 Å². The van der Waals surface area contributed by atoms with Crippen molar-refractivity contribution in [3.05, 3.63) is 29.8 Å². The van der Waals surface area contributed by atoms with Gasteiger partial charge in [-0.2, -0.15) is 0 Å². The summed E-state index contributed by atoms with van der Waals surface area (Å²) in [6.45, 7) is 2.65. The smallest absolute Gasteiger partial charge is 0.247 e. The lowest BCUT2D eigenvalue weighted by atomic mass is 10.1. The maximum absolute atomic E-state index is 12.5. The molecule has 0 spiro atoms. The molecule has 0 saturated carbocycles. The van der Waals surface area contributed by atoms with Crippen LogP contribution in [0.3, 0.4) is 0 Å². The number of benzene rings is 1. The third-order valence-electron chi connectivity index (χ3n) is 4.10. The van der Waals surface area contributed by atoms with Gasteiger partial charge in [-0.3, -0.25) is 9.59 Å². The van der Waals surface area contributed by atoms with Gasteiger partial charge in [0.1, 0.15) is 16.6 Å². The molecule has 1 aliphatic heterocycles. The quantitative estimate of drug-likeness (QED) is 0.905. The lowest BCUT2D eigenvalue weighted by Crippen LogP contribution is -2.43. The van der Waals surface area contributed by atoms with Crippen molar-refractivity contribution in [1.82, 2.24) is 15.1 Å². The standard InChI is InChI=1S/C17H20N4O2S/c1-2-4-15(22)21-10-3-5-14(21)16(23)19-13-8-6-12(7-9-13)17-20-18-11-24-17/h6-9,11,14H,2-5,10H2,1H3,(H,19,23)/t14-/m0/s1. The van der Waals surface area contributed by atoms with Crippen LogP contribution in [0.2, 0.25) is 0 Å². The molecule has 7 heteroatoms. The topological polar surface area (TPSA) is 75.2 Å². The predicted octanol–water partition coefficient (Wildman–Crippen LogP) is 2.93. The molecule has 1 saturated heterocycles. The van der Waals surface area contributed by atoms with Crippen LogP contribution in [0.25, 0.3) is 10.6 Å². The Morgan fingerprint density at radius 3 is 2.79 bits per heavy atom. The summed E-state index contributed by atoms with van der Waals surface area (Å²) in [6, 6.07) is 7.16. The third kappa shape index (κ3) is 3.62. The molecule has 2 heterocycles. The van der Waals surface area contributed by atoms with E-state index < -0.39 is 0 Å². The summed E-state index contributed by atoms with van der Waals surface area (Å²) in [5.41, 5.74) is 3.38. The molecule has 0 unspecified atom stereocenters. The lowest BCUT2D eigenvalue weighted by molar-refractivity contribution is -0.136. The fraction of sp³-hybridized carbons (Fsp3) is 0.412. The highest BCUT2D eigenvalue weighted by molar-refractivity contribution is 7.12. The van der Waals surface area contributed by atoms with Gasteiger partial charge in [-0.15, -0.1) is 10.2 Å². The number of carbonyl (C=O) groups is 2. The Morgan fingerprint density at radius 2 is 2.12 bits per heavy atom. The van der Waals surface area contributed by atoms with Crippen molar-refractivity contribution in [1.29, 1.82) is 0 Å². The first-order valence-electron chi connectivity index (χ1n) is 8.16. The van der Waals surface area contributed by atoms with Crippen molar-refractivity contribution in [3.63, 3.8) is 0 Å². The van der Waals surface area contributed by atoms with Gasteiger partial charge in [0.05, 0.1) is 0 Å². The first-order valence-corrected chi connectivity index (χ1v) is 9.04. The van der Waals surface area contributed by atoms with Crippen LogP contribution < -0.4 is 5.32 Å². The van der Waals surface area contributed by atoms with Crippen LogP contribution in [0.15, 0.2) is 29.8 Å². The lowest BCUT2D eigenvalue weighted by Gasteiger charge is -2.23. The van der Waals surface area contributed by atoms with Gasteiger partial charge < -0.3 is 10.2 Å². The van der Waals surface area contributed by atoms with Gasteiger partial charge in [-0.1, -0.05) is 18.3 Å². The van der Waals surface area contributed by atoms with Gasteiger partial charge in [-0.05, 0) is 43.5 Å². The molecule has 2 amide bonds. The Balaban J connectivity index is 1.65. The van der Waals surface area contributed by atoms with Crippen LogP contribution in [0.5, 0.6) is 0 Å². The van der Waals surface area contributed by atoms with E-state index in [4.69, 9.17) is 0 Å². The predicted molar refractivity (Wildman–Crippen MR) is 93.6 cm³/mol. The van der Waals surface area contributed by atoms with E-state index in [1.165, 1.54) is 11.3 Å². The number of hydrogen-bond acceptors (Lipinski definition) is 5. The number of nitrogens with zero attached hydrogens (tertiary/aromatic N) is 3. The molecule has 2 aromatic rings. The van der Waals surface area contributed by atoms with E-state index in [0.29, 0.717) is 13.0 Å². The molecule has 6 nitrogen and oxygen atoms in total. The zero-order valence-corrected chi connectivity index (χ0v) is 14.4. The zero-order valence-electron chi connectivity index (χ0n) is 13.6. The molecule has 1 aromatic heterocycles. The van der Waals surface area contributed by atoms with E-state index in [1.54, 1.807) is 10.4 Å². The average molecular weight is 344 g/mol. The van der Waals surface area contributed by atoms with Crippen molar-refractivity contribution < 1.29 is 9.59 Å². The molecular formula is C17H20N4O2S. The van der Waals surface area contributed by atoms with E-state index in [1.807, 2.05) is 31.2 Å². The van der Waals surface area contributed by atoms with E-state index in [0.717, 1.165) is 35.5 Å². The summed E-state index contributed by atoms with van der Waals surface area (Å²) < 4.78 is 0. The Labute approximate surface area is 144 Å². The van der Waals surface area contributed by atoms with Crippen molar-refractivity contribution in [2.24, 2.45) is 0 Å². The second-order valence-electron chi connectivity index (χ2n) is 5.81. The molecular weight excluding hydrogens is 324 g/mol. The minimum absolute atomic E-state index is 0.0711. The van der Waals surface area contributed by atoms with Gasteiger partial charge in [0, 0.05) is 24.2 Å². The molecule has 3 rings (SSSR count). The summed E-state index contributed by atoms with van der Waals surface area (Å²) in [4.78, 5) is 26.4. The zero-order chi connectivity index (χ0) is 16.9. The number of amides is 2. The number of anilines is 1. The van der Waals surface area contributed by atoms with Crippen LogP contribution in [0, 0.1) is 0 Å². The number of aromatic nitrogens is 2. The molecule has 126 valence electrons. The van der Waals surface area contributed by atoms with E-state index in [2.05, 4.69) is 15.5 Å². The highest BCUT2D eigenvalue weighted by atomic mass is 32.1. The second kappa shape index (κ2) is 7.53. The SMILES string of the molecule is CCCC(=O)N1CCC[C@H]1C(=O)Nc1ccc(-c2nncs2)cc1. The first kappa shape index (κ1) is 16.6. The maximum Gasteiger partial charge on any atom is 0.247 e. The number of likely N-dealkylation sites (tertiary alicyclic amines) is 1. The molecule has 1 N–H and O–H groups in total. The number of carbonyl (C=O) groups excluding carboxylic acids is 2. The van der Waals surface area contributed by atoms with Crippen LogP contribution in [-0.2, 0) is 9.59 Å². The molecule has 24 heavy (non-hydrogen) atoms. The summed E-state index contributed by atoms with van der Waals surface area (Å²) in [7, 11) is 0. The third-order valence-corrected chi connectivity index (χ3v) is 4.84. The van der Waals surface area contributed by atoms with Gasteiger partial charge >= 0.3 is 0 Å². The Hall–Kier alpha value is -2.28. The van der Waals surface area contributed by atoms with Crippen LogP contribution >= 0.6 is 11.3 Å². The summed E-state index contributed by atoms with van der Waals surface area (Å²) in [6.07, 6.45) is 2.91. The second-order valence-corrected chi connectivity index (χ2v) is 6.64. The van der Waals surface area contributed by atoms with Crippen molar-refractivity contribution >= 4 is 28.8 Å². The number of rotatable bonds is 5. The number of nitrogens with one attached hydrogen (secondary N) is 1. The fourth-order valence-electron chi connectivity index (χ4n) is 2.92. The fourth-order valence-corrected chi connectivity index (χ4v) is 3.48. The van der Waals surface area contributed by atoms with Crippen LogP contribution in [-0.4, -0.2) is 39.5 Å². The van der Waals surface area contributed by atoms with Crippen molar-refractivity contribution in [2.45, 2.75) is 38.6 Å². The summed E-state index contributed by atoms with van der Waals surface area (Å²) in [5, 5.41) is 11.6. The van der Waals surface area contributed by atoms with E-state index >= 15 is 0 Å². The molecule has 1 aromatic carbocycles. The van der Waals surface area contributed by atoms with Gasteiger partial charge in [0.2, 0.25) is 11.8 Å². The molecule has 1 fully saturated rings. The Bertz CT molecular complexity index is 700. The van der Waals surface area contributed by atoms with E-state index in [-0.39, 0.29) is 17.9 Å². The molecule has 0 bridgehead atoms. The minimum atomic E-state index is -0.355. The number of hydrogen-bond donors (Lipinski definition) is 1. The first-order chi connectivity index (χ1) is 11.7. The minimum Gasteiger partial charge on any atom is -0.331 e. The highest BCUT2D eigenvalue weighted by Gasteiger charge is 2.33. The summed E-state index contributed by atoms with van der Waals surface area (Å²) in [5.74, 6) is -0.0395. The van der Waals surface area contributed by atoms with Gasteiger partial charge in [0.15, 0.2) is 0 Å². The molecule has 0 aliphatic carbocycles.